The van der Waals surface area contributed by atoms with Crippen molar-refractivity contribution in [2.24, 2.45) is 4.99 Å². The maximum absolute atomic E-state index is 13.5. The summed E-state index contributed by atoms with van der Waals surface area (Å²) in [6, 6.07) is 10.8. The van der Waals surface area contributed by atoms with Gasteiger partial charge < -0.3 is 15.4 Å². The van der Waals surface area contributed by atoms with Gasteiger partial charge in [0.05, 0.1) is 19.3 Å². The Morgan fingerprint density at radius 2 is 1.97 bits per heavy atom. The van der Waals surface area contributed by atoms with Crippen molar-refractivity contribution >= 4 is 5.96 Å². The van der Waals surface area contributed by atoms with Crippen LogP contribution in [0.4, 0.5) is 4.39 Å². The van der Waals surface area contributed by atoms with Gasteiger partial charge in [-0.05, 0) is 35.4 Å². The van der Waals surface area contributed by atoms with Crippen LogP contribution in [-0.4, -0.2) is 65.3 Å². The molecule has 1 aliphatic rings. The third-order valence-electron chi connectivity index (χ3n) is 5.47. The summed E-state index contributed by atoms with van der Waals surface area (Å²) < 4.78 is 20.8. The van der Waals surface area contributed by atoms with E-state index in [1.54, 1.807) is 25.8 Å². The molecule has 1 saturated heterocycles. The smallest absolute Gasteiger partial charge is 0.191 e. The van der Waals surface area contributed by atoms with Gasteiger partial charge in [-0.25, -0.2) is 14.4 Å². The molecule has 3 aromatic rings. The first-order valence-electron chi connectivity index (χ1n) is 10.7. The summed E-state index contributed by atoms with van der Waals surface area (Å²) in [5, 5.41) is 6.78. The summed E-state index contributed by atoms with van der Waals surface area (Å²) in [5.41, 5.74) is 2.14. The molecule has 2 N–H and O–H groups in total. The lowest BCUT2D eigenvalue weighted by Gasteiger charge is -2.35. The standard InChI is InChI=1S/C23H28FN7O/c1-25-23(28-15-18-6-7-27-22(14-18)31-9-8-26-17-31)29-16-21(30-10-12-32-13-11-30)19-2-4-20(24)5-3-19/h2-9,14,17,21H,10-13,15-16H2,1H3,(H2,25,28,29). The van der Waals surface area contributed by atoms with Crippen LogP contribution in [0.1, 0.15) is 17.2 Å². The number of hydrogen-bond acceptors (Lipinski definition) is 5. The van der Waals surface area contributed by atoms with Gasteiger partial charge in [0.25, 0.3) is 0 Å². The molecule has 1 aromatic carbocycles. The zero-order valence-corrected chi connectivity index (χ0v) is 18.1. The van der Waals surface area contributed by atoms with Gasteiger partial charge in [-0.1, -0.05) is 12.1 Å². The van der Waals surface area contributed by atoms with E-state index in [9.17, 15) is 4.39 Å². The highest BCUT2D eigenvalue weighted by molar-refractivity contribution is 5.79. The Morgan fingerprint density at radius 1 is 1.16 bits per heavy atom. The summed E-state index contributed by atoms with van der Waals surface area (Å²) in [6.07, 6.45) is 7.10. The zero-order valence-electron chi connectivity index (χ0n) is 18.1. The summed E-state index contributed by atoms with van der Waals surface area (Å²) >= 11 is 0. The van der Waals surface area contributed by atoms with E-state index in [0.29, 0.717) is 32.3 Å². The highest BCUT2D eigenvalue weighted by atomic mass is 19.1. The van der Waals surface area contributed by atoms with Crippen LogP contribution in [-0.2, 0) is 11.3 Å². The highest BCUT2D eigenvalue weighted by Crippen LogP contribution is 2.21. The minimum Gasteiger partial charge on any atom is -0.379 e. The van der Waals surface area contributed by atoms with E-state index in [-0.39, 0.29) is 11.9 Å². The minimum absolute atomic E-state index is 0.0896. The molecule has 0 radical (unpaired) electrons. The van der Waals surface area contributed by atoms with Crippen molar-refractivity contribution in [2.45, 2.75) is 12.6 Å². The molecular weight excluding hydrogens is 409 g/mol. The van der Waals surface area contributed by atoms with Gasteiger partial charge >= 0.3 is 0 Å². The second-order valence-corrected chi connectivity index (χ2v) is 7.51. The maximum atomic E-state index is 13.5. The summed E-state index contributed by atoms with van der Waals surface area (Å²) in [4.78, 5) is 15.2. The number of pyridine rings is 1. The number of hydrogen-bond donors (Lipinski definition) is 2. The van der Waals surface area contributed by atoms with Crippen molar-refractivity contribution in [1.82, 2.24) is 30.1 Å². The number of guanidine groups is 1. The fraction of sp³-hybridized carbons (Fsp3) is 0.348. The topological polar surface area (TPSA) is 79.6 Å². The van der Waals surface area contributed by atoms with E-state index in [2.05, 4.69) is 30.5 Å². The second kappa shape index (κ2) is 10.8. The number of aliphatic imine (C=N–C) groups is 1. The van der Waals surface area contributed by atoms with E-state index in [0.717, 1.165) is 30.0 Å². The van der Waals surface area contributed by atoms with Crippen molar-refractivity contribution in [2.75, 3.05) is 39.9 Å². The van der Waals surface area contributed by atoms with Crippen LogP contribution in [0, 0.1) is 5.82 Å². The Kier molecular flexibility index (Phi) is 7.42. The van der Waals surface area contributed by atoms with Crippen molar-refractivity contribution in [3.63, 3.8) is 0 Å². The molecule has 0 bridgehead atoms. The van der Waals surface area contributed by atoms with Gasteiger partial charge in [0.2, 0.25) is 0 Å². The molecule has 1 atom stereocenters. The van der Waals surface area contributed by atoms with Gasteiger partial charge in [0, 0.05) is 51.8 Å². The lowest BCUT2D eigenvalue weighted by molar-refractivity contribution is 0.0170. The first-order chi connectivity index (χ1) is 15.7. The number of rotatable bonds is 7. The number of ether oxygens (including phenoxy) is 1. The van der Waals surface area contributed by atoms with Crippen molar-refractivity contribution in [1.29, 1.82) is 0 Å². The fourth-order valence-electron chi connectivity index (χ4n) is 3.74. The van der Waals surface area contributed by atoms with Crippen LogP contribution in [0.5, 0.6) is 0 Å². The average Bonchev–Trinajstić information content (AvgIpc) is 3.38. The van der Waals surface area contributed by atoms with Crippen LogP contribution in [0.15, 0.2) is 66.3 Å². The predicted molar refractivity (Wildman–Crippen MR) is 121 cm³/mol. The number of benzene rings is 1. The Bertz CT molecular complexity index is 1000. The largest absolute Gasteiger partial charge is 0.379 e. The molecular formula is C23H28FN7O. The molecule has 1 fully saturated rings. The molecule has 3 heterocycles. The van der Waals surface area contributed by atoms with Gasteiger partial charge in [-0.15, -0.1) is 0 Å². The predicted octanol–water partition coefficient (Wildman–Crippen LogP) is 2.14. The number of nitrogens with one attached hydrogen (secondary N) is 2. The minimum atomic E-state index is -0.229. The fourth-order valence-corrected chi connectivity index (χ4v) is 3.74. The van der Waals surface area contributed by atoms with E-state index in [4.69, 9.17) is 4.74 Å². The highest BCUT2D eigenvalue weighted by Gasteiger charge is 2.23. The molecule has 9 heteroatoms. The lowest BCUT2D eigenvalue weighted by atomic mass is 10.0. The summed E-state index contributed by atoms with van der Waals surface area (Å²) in [5.74, 6) is 1.28. The van der Waals surface area contributed by atoms with Crippen molar-refractivity contribution in [3.8, 4) is 5.82 Å². The number of morpholine rings is 1. The molecule has 0 spiro atoms. The van der Waals surface area contributed by atoms with Crippen LogP contribution >= 0.6 is 0 Å². The first-order valence-corrected chi connectivity index (χ1v) is 10.7. The van der Waals surface area contributed by atoms with Crippen LogP contribution in [0.25, 0.3) is 5.82 Å². The van der Waals surface area contributed by atoms with Gasteiger partial charge in [0.15, 0.2) is 5.96 Å². The average molecular weight is 438 g/mol. The van der Waals surface area contributed by atoms with Crippen LogP contribution < -0.4 is 10.6 Å². The normalized spacial score (nSPS) is 16.0. The monoisotopic (exact) mass is 437 g/mol. The van der Waals surface area contributed by atoms with Crippen molar-refractivity contribution in [3.05, 3.63) is 78.3 Å². The van der Waals surface area contributed by atoms with E-state index >= 15 is 0 Å². The Morgan fingerprint density at radius 3 is 2.69 bits per heavy atom. The number of aromatic nitrogens is 3. The third-order valence-corrected chi connectivity index (χ3v) is 5.47. The Balaban J connectivity index is 1.38. The summed E-state index contributed by atoms with van der Waals surface area (Å²) in [6.45, 7) is 4.32. The van der Waals surface area contributed by atoms with Gasteiger partial charge in [-0.2, -0.15) is 0 Å². The summed E-state index contributed by atoms with van der Waals surface area (Å²) in [7, 11) is 1.75. The Hall–Kier alpha value is -3.30. The van der Waals surface area contributed by atoms with E-state index in [1.165, 1.54) is 12.1 Å². The first kappa shape index (κ1) is 21.9. The van der Waals surface area contributed by atoms with E-state index in [1.807, 2.05) is 35.0 Å². The molecule has 0 amide bonds. The maximum Gasteiger partial charge on any atom is 0.191 e. The molecule has 32 heavy (non-hydrogen) atoms. The molecule has 168 valence electrons. The van der Waals surface area contributed by atoms with Crippen LogP contribution in [0.3, 0.4) is 0 Å². The number of nitrogens with zero attached hydrogens (tertiary/aromatic N) is 5. The van der Waals surface area contributed by atoms with E-state index < -0.39 is 0 Å². The molecule has 1 unspecified atom stereocenters. The molecule has 1 aliphatic heterocycles. The molecule has 2 aromatic heterocycles. The molecule has 4 rings (SSSR count). The SMILES string of the molecule is CN=C(NCc1ccnc(-n2ccnc2)c1)NCC(c1ccc(F)cc1)N1CCOCC1. The second-order valence-electron chi connectivity index (χ2n) is 7.51. The van der Waals surface area contributed by atoms with Gasteiger partial charge in [-0.3, -0.25) is 14.5 Å². The van der Waals surface area contributed by atoms with Crippen molar-refractivity contribution < 1.29 is 9.13 Å². The number of imidazole rings is 1. The lowest BCUT2D eigenvalue weighted by Crippen LogP contribution is -2.46. The zero-order chi connectivity index (χ0) is 22.2. The Labute approximate surface area is 187 Å². The third kappa shape index (κ3) is 5.68. The van der Waals surface area contributed by atoms with Crippen LogP contribution in [0.2, 0.25) is 0 Å². The molecule has 0 aliphatic carbocycles. The number of halogens is 1. The van der Waals surface area contributed by atoms with Gasteiger partial charge in [0.1, 0.15) is 18.0 Å². The molecule has 8 nitrogen and oxygen atoms in total. The molecule has 0 saturated carbocycles. The quantitative estimate of drug-likeness (QED) is 0.436.